The number of hydrogen-bond donors (Lipinski definition) is 0. The van der Waals surface area contributed by atoms with Crippen LogP contribution in [0.1, 0.15) is 16.1 Å². The van der Waals surface area contributed by atoms with E-state index in [-0.39, 0.29) is 17.0 Å². The van der Waals surface area contributed by atoms with Crippen molar-refractivity contribution in [3.63, 3.8) is 0 Å². The Labute approximate surface area is 97.6 Å². The Morgan fingerprint density at radius 1 is 1.35 bits per heavy atom. The summed E-state index contributed by atoms with van der Waals surface area (Å²) in [4.78, 5) is 11.0. The van der Waals surface area contributed by atoms with Crippen molar-refractivity contribution in [3.8, 4) is 17.0 Å². The molecular formula is C12H10NO4-. The van der Waals surface area contributed by atoms with Crippen LogP contribution in [0.15, 0.2) is 28.8 Å². The molecule has 0 unspecified atom stereocenters. The highest BCUT2D eigenvalue weighted by Crippen LogP contribution is 2.26. The van der Waals surface area contributed by atoms with Crippen LogP contribution >= 0.6 is 0 Å². The number of carboxylic acid groups (broad SMARTS) is 1. The fourth-order valence-corrected chi connectivity index (χ4v) is 1.56. The third kappa shape index (κ3) is 1.99. The van der Waals surface area contributed by atoms with Gasteiger partial charge in [0, 0.05) is 5.56 Å². The first kappa shape index (κ1) is 11.2. The summed E-state index contributed by atoms with van der Waals surface area (Å²) in [5.41, 5.74) is 0.891. The highest BCUT2D eigenvalue weighted by atomic mass is 16.5. The molecule has 1 aromatic carbocycles. The van der Waals surface area contributed by atoms with Gasteiger partial charge in [0.05, 0.1) is 18.6 Å². The molecule has 0 aliphatic rings. The molecule has 0 atom stereocenters. The van der Waals surface area contributed by atoms with Gasteiger partial charge in [0.2, 0.25) is 0 Å². The van der Waals surface area contributed by atoms with Crippen LogP contribution in [0.5, 0.6) is 5.75 Å². The van der Waals surface area contributed by atoms with E-state index in [1.54, 1.807) is 31.4 Å². The molecule has 0 spiro atoms. The molecule has 5 heteroatoms. The molecule has 2 aromatic rings. The summed E-state index contributed by atoms with van der Waals surface area (Å²) in [5, 5.41) is 14.7. The van der Waals surface area contributed by atoms with Gasteiger partial charge in [0.1, 0.15) is 17.2 Å². The Morgan fingerprint density at radius 3 is 2.53 bits per heavy atom. The molecule has 0 N–H and O–H groups in total. The number of aromatic nitrogens is 1. The number of benzene rings is 1. The maximum Gasteiger partial charge on any atom is 0.143 e. The molecule has 88 valence electrons. The number of carboxylic acids is 1. The number of rotatable bonds is 3. The second-order valence-corrected chi connectivity index (χ2v) is 3.48. The lowest BCUT2D eigenvalue weighted by atomic mass is 10.1. The van der Waals surface area contributed by atoms with Crippen molar-refractivity contribution >= 4 is 5.97 Å². The third-order valence-electron chi connectivity index (χ3n) is 2.43. The SMILES string of the molecule is COc1ccc(-c2noc(C)c2C(=O)[O-])cc1. The lowest BCUT2D eigenvalue weighted by Crippen LogP contribution is -2.23. The Bertz CT molecular complexity index is 542. The molecule has 0 aliphatic carbocycles. The van der Waals surface area contributed by atoms with E-state index >= 15 is 0 Å². The first-order valence-electron chi connectivity index (χ1n) is 4.95. The Hall–Kier alpha value is -2.30. The van der Waals surface area contributed by atoms with Crippen LogP contribution < -0.4 is 9.84 Å². The van der Waals surface area contributed by atoms with Crippen molar-refractivity contribution in [3.05, 3.63) is 35.6 Å². The zero-order chi connectivity index (χ0) is 12.4. The molecule has 0 saturated carbocycles. The lowest BCUT2D eigenvalue weighted by molar-refractivity contribution is -0.255. The number of nitrogens with zero attached hydrogens (tertiary/aromatic N) is 1. The topological polar surface area (TPSA) is 75.4 Å². The molecule has 0 saturated heterocycles. The Balaban J connectivity index is 2.49. The van der Waals surface area contributed by atoms with E-state index in [0.717, 1.165) is 0 Å². The normalized spacial score (nSPS) is 10.2. The van der Waals surface area contributed by atoms with Crippen molar-refractivity contribution in [1.29, 1.82) is 0 Å². The quantitative estimate of drug-likeness (QED) is 0.789. The van der Waals surface area contributed by atoms with Gasteiger partial charge in [0.25, 0.3) is 0 Å². The Kier molecular flexibility index (Phi) is 2.82. The average molecular weight is 232 g/mol. The van der Waals surface area contributed by atoms with E-state index in [1.165, 1.54) is 6.92 Å². The van der Waals surface area contributed by atoms with Gasteiger partial charge >= 0.3 is 0 Å². The van der Waals surface area contributed by atoms with Gasteiger partial charge in [-0.2, -0.15) is 0 Å². The van der Waals surface area contributed by atoms with Crippen molar-refractivity contribution in [2.24, 2.45) is 0 Å². The summed E-state index contributed by atoms with van der Waals surface area (Å²) in [6, 6.07) is 6.86. The molecule has 2 rings (SSSR count). The van der Waals surface area contributed by atoms with Crippen LogP contribution in [0, 0.1) is 6.92 Å². The molecule has 0 aliphatic heterocycles. The minimum Gasteiger partial charge on any atom is -0.545 e. The van der Waals surface area contributed by atoms with Gasteiger partial charge in [-0.15, -0.1) is 0 Å². The van der Waals surface area contributed by atoms with Gasteiger partial charge in [-0.1, -0.05) is 5.16 Å². The molecule has 1 heterocycles. The first-order chi connectivity index (χ1) is 8.13. The second-order valence-electron chi connectivity index (χ2n) is 3.48. The summed E-state index contributed by atoms with van der Waals surface area (Å²) < 4.78 is 9.88. The largest absolute Gasteiger partial charge is 0.545 e. The molecule has 0 fully saturated rings. The van der Waals surface area contributed by atoms with Gasteiger partial charge in [-0.05, 0) is 31.2 Å². The van der Waals surface area contributed by atoms with E-state index in [4.69, 9.17) is 9.26 Å². The molecule has 0 bridgehead atoms. The minimum atomic E-state index is -1.30. The number of methoxy groups -OCH3 is 1. The molecule has 1 aromatic heterocycles. The van der Waals surface area contributed by atoms with Crippen molar-refractivity contribution < 1.29 is 19.2 Å². The number of aryl methyl sites for hydroxylation is 1. The summed E-state index contributed by atoms with van der Waals surface area (Å²) in [5.74, 6) is -0.380. The van der Waals surface area contributed by atoms with Crippen LogP contribution in [0.25, 0.3) is 11.3 Å². The van der Waals surface area contributed by atoms with Crippen molar-refractivity contribution in [2.45, 2.75) is 6.92 Å². The van der Waals surface area contributed by atoms with E-state index in [1.807, 2.05) is 0 Å². The van der Waals surface area contributed by atoms with E-state index in [0.29, 0.717) is 11.3 Å². The zero-order valence-corrected chi connectivity index (χ0v) is 9.39. The standard InChI is InChI=1S/C12H11NO4/c1-7-10(12(14)15)11(13-17-7)8-3-5-9(16-2)6-4-8/h3-6H,1-2H3,(H,14,15)/p-1. The number of ether oxygens (including phenoxy) is 1. The number of carbonyl (C=O) groups excluding carboxylic acids is 1. The highest BCUT2D eigenvalue weighted by molar-refractivity contribution is 5.94. The van der Waals surface area contributed by atoms with Crippen molar-refractivity contribution in [2.75, 3.05) is 7.11 Å². The lowest BCUT2D eigenvalue weighted by Gasteiger charge is -2.04. The van der Waals surface area contributed by atoms with E-state index in [2.05, 4.69) is 5.16 Å². The van der Waals surface area contributed by atoms with Crippen LogP contribution in [0.2, 0.25) is 0 Å². The second kappa shape index (κ2) is 4.29. The maximum absolute atomic E-state index is 11.0. The van der Waals surface area contributed by atoms with E-state index < -0.39 is 5.97 Å². The van der Waals surface area contributed by atoms with Crippen molar-refractivity contribution in [1.82, 2.24) is 5.16 Å². The average Bonchev–Trinajstić information content (AvgIpc) is 2.71. The van der Waals surface area contributed by atoms with Crippen LogP contribution in [0.4, 0.5) is 0 Å². The number of hydrogen-bond acceptors (Lipinski definition) is 5. The molecular weight excluding hydrogens is 222 g/mol. The molecule has 5 nitrogen and oxygen atoms in total. The summed E-state index contributed by atoms with van der Waals surface area (Å²) in [6.45, 7) is 1.53. The van der Waals surface area contributed by atoms with Crippen LogP contribution in [0.3, 0.4) is 0 Å². The summed E-state index contributed by atoms with van der Waals surface area (Å²) in [7, 11) is 1.56. The zero-order valence-electron chi connectivity index (χ0n) is 9.39. The molecule has 0 amide bonds. The van der Waals surface area contributed by atoms with Gasteiger partial charge in [-0.25, -0.2) is 0 Å². The first-order valence-corrected chi connectivity index (χ1v) is 4.95. The number of aromatic carboxylic acids is 1. The predicted octanol–water partition coefficient (Wildman–Crippen LogP) is 1.02. The molecule has 17 heavy (non-hydrogen) atoms. The fraction of sp³-hybridized carbons (Fsp3) is 0.167. The van der Waals surface area contributed by atoms with Crippen LogP contribution in [-0.2, 0) is 0 Å². The van der Waals surface area contributed by atoms with Crippen LogP contribution in [-0.4, -0.2) is 18.2 Å². The fourth-order valence-electron chi connectivity index (χ4n) is 1.56. The monoisotopic (exact) mass is 232 g/mol. The maximum atomic E-state index is 11.0. The smallest absolute Gasteiger partial charge is 0.143 e. The summed E-state index contributed by atoms with van der Waals surface area (Å²) >= 11 is 0. The van der Waals surface area contributed by atoms with Gasteiger partial charge in [-0.3, -0.25) is 0 Å². The van der Waals surface area contributed by atoms with Gasteiger partial charge < -0.3 is 19.2 Å². The molecule has 0 radical (unpaired) electrons. The predicted molar refractivity (Wildman–Crippen MR) is 57.6 cm³/mol. The van der Waals surface area contributed by atoms with E-state index in [9.17, 15) is 9.90 Å². The highest BCUT2D eigenvalue weighted by Gasteiger charge is 2.15. The van der Waals surface area contributed by atoms with Gasteiger partial charge in [0.15, 0.2) is 0 Å². The minimum absolute atomic E-state index is 0.0184. The summed E-state index contributed by atoms with van der Waals surface area (Å²) in [6.07, 6.45) is 0. The Morgan fingerprint density at radius 2 is 2.00 bits per heavy atom. The third-order valence-corrected chi connectivity index (χ3v) is 2.43. The number of carbonyl (C=O) groups is 1.